The van der Waals surface area contributed by atoms with Crippen molar-refractivity contribution in [1.29, 1.82) is 5.26 Å². The highest BCUT2D eigenvalue weighted by Gasteiger charge is 2.37. The van der Waals surface area contributed by atoms with Crippen LogP contribution in [0.4, 0.5) is 0 Å². The predicted octanol–water partition coefficient (Wildman–Crippen LogP) is -0.0468. The molecule has 2 unspecified atom stereocenters. The minimum atomic E-state index is -1.47. The molecule has 94 valence electrons. The maximum Gasteiger partial charge on any atom is 0.324 e. The van der Waals surface area contributed by atoms with Gasteiger partial charge in [-0.15, -0.1) is 0 Å². The molecular weight excluding hydrogens is 230 g/mol. The molecule has 0 saturated heterocycles. The summed E-state index contributed by atoms with van der Waals surface area (Å²) in [5, 5.41) is 17.4. The van der Waals surface area contributed by atoms with Gasteiger partial charge in [-0.05, 0) is 6.92 Å². The summed E-state index contributed by atoms with van der Waals surface area (Å²) in [5.41, 5.74) is 0. The van der Waals surface area contributed by atoms with E-state index in [0.29, 0.717) is 0 Å². The van der Waals surface area contributed by atoms with E-state index in [2.05, 4.69) is 9.47 Å². The first kappa shape index (κ1) is 14.9. The summed E-state index contributed by atoms with van der Waals surface area (Å²) in [4.78, 5) is 33.2. The quantitative estimate of drug-likeness (QED) is 0.650. The van der Waals surface area contributed by atoms with E-state index in [-0.39, 0.29) is 6.61 Å². The van der Waals surface area contributed by atoms with Gasteiger partial charge in [0.2, 0.25) is 0 Å². The minimum Gasteiger partial charge on any atom is -0.481 e. The lowest BCUT2D eigenvalue weighted by atomic mass is 9.90. The lowest BCUT2D eigenvalue weighted by molar-refractivity contribution is -0.159. The Hall–Kier alpha value is -2.10. The third kappa shape index (κ3) is 4.51. The van der Waals surface area contributed by atoms with Crippen molar-refractivity contribution in [2.45, 2.75) is 13.3 Å². The zero-order valence-corrected chi connectivity index (χ0v) is 9.50. The summed E-state index contributed by atoms with van der Waals surface area (Å²) >= 11 is 0. The number of hydrogen-bond donors (Lipinski definition) is 1. The monoisotopic (exact) mass is 243 g/mol. The predicted molar refractivity (Wildman–Crippen MR) is 53.5 cm³/mol. The largest absolute Gasteiger partial charge is 0.481 e. The highest BCUT2D eigenvalue weighted by atomic mass is 16.5. The Bertz CT molecular complexity index is 345. The molecule has 0 aliphatic heterocycles. The Morgan fingerprint density at radius 1 is 1.35 bits per heavy atom. The lowest BCUT2D eigenvalue weighted by Crippen LogP contribution is -2.33. The van der Waals surface area contributed by atoms with Crippen molar-refractivity contribution in [3.05, 3.63) is 0 Å². The van der Waals surface area contributed by atoms with Crippen LogP contribution in [0, 0.1) is 23.2 Å². The first-order chi connectivity index (χ1) is 7.97. The van der Waals surface area contributed by atoms with E-state index < -0.39 is 36.2 Å². The molecule has 7 heteroatoms. The van der Waals surface area contributed by atoms with E-state index in [9.17, 15) is 14.4 Å². The minimum absolute atomic E-state index is 0.0397. The topological polar surface area (TPSA) is 114 Å². The molecule has 0 radical (unpaired) electrons. The van der Waals surface area contributed by atoms with Crippen LogP contribution in [0.25, 0.3) is 0 Å². The second-order valence-electron chi connectivity index (χ2n) is 3.09. The van der Waals surface area contributed by atoms with E-state index >= 15 is 0 Å². The van der Waals surface area contributed by atoms with Crippen molar-refractivity contribution in [2.75, 3.05) is 13.7 Å². The molecule has 0 spiro atoms. The van der Waals surface area contributed by atoms with Crippen molar-refractivity contribution < 1.29 is 29.0 Å². The number of nitrogens with zero attached hydrogens (tertiary/aromatic N) is 1. The van der Waals surface area contributed by atoms with Crippen LogP contribution in [-0.4, -0.2) is 36.7 Å². The lowest BCUT2D eigenvalue weighted by Gasteiger charge is -2.16. The molecule has 0 aliphatic rings. The fourth-order valence-corrected chi connectivity index (χ4v) is 1.22. The van der Waals surface area contributed by atoms with E-state index in [0.717, 1.165) is 7.11 Å². The number of hydrogen-bond acceptors (Lipinski definition) is 6. The fourth-order valence-electron chi connectivity index (χ4n) is 1.22. The van der Waals surface area contributed by atoms with E-state index in [1.807, 2.05) is 0 Å². The summed E-state index contributed by atoms with van der Waals surface area (Å²) in [7, 11) is 1.05. The maximum atomic E-state index is 11.4. The molecule has 0 saturated carbocycles. The average Bonchev–Trinajstić information content (AvgIpc) is 2.27. The van der Waals surface area contributed by atoms with Gasteiger partial charge in [0.15, 0.2) is 5.92 Å². The van der Waals surface area contributed by atoms with Gasteiger partial charge in [-0.2, -0.15) is 5.26 Å². The van der Waals surface area contributed by atoms with Crippen molar-refractivity contribution >= 4 is 17.9 Å². The molecule has 0 heterocycles. The molecule has 1 N–H and O–H groups in total. The van der Waals surface area contributed by atoms with Gasteiger partial charge in [0.1, 0.15) is 0 Å². The summed E-state index contributed by atoms with van der Waals surface area (Å²) in [6.45, 7) is 1.58. The van der Waals surface area contributed by atoms with Gasteiger partial charge >= 0.3 is 17.9 Å². The van der Waals surface area contributed by atoms with Gasteiger partial charge in [0, 0.05) is 0 Å². The van der Waals surface area contributed by atoms with Gasteiger partial charge in [0.25, 0.3) is 0 Å². The number of carboxylic acids is 1. The Morgan fingerprint density at radius 2 is 1.94 bits per heavy atom. The second-order valence-corrected chi connectivity index (χ2v) is 3.09. The van der Waals surface area contributed by atoms with Gasteiger partial charge in [0.05, 0.1) is 32.1 Å². The molecule has 0 aromatic rings. The molecule has 0 amide bonds. The first-order valence-corrected chi connectivity index (χ1v) is 4.83. The van der Waals surface area contributed by atoms with Crippen molar-refractivity contribution in [2.24, 2.45) is 11.8 Å². The van der Waals surface area contributed by atoms with Crippen LogP contribution in [0.15, 0.2) is 0 Å². The summed E-state index contributed by atoms with van der Waals surface area (Å²) < 4.78 is 8.95. The highest BCUT2D eigenvalue weighted by molar-refractivity contribution is 5.87. The van der Waals surface area contributed by atoms with E-state index in [1.165, 1.54) is 6.92 Å². The van der Waals surface area contributed by atoms with Crippen LogP contribution in [0.3, 0.4) is 0 Å². The molecular formula is C10H13NO6. The van der Waals surface area contributed by atoms with E-state index in [1.54, 1.807) is 6.07 Å². The van der Waals surface area contributed by atoms with Crippen LogP contribution in [0.2, 0.25) is 0 Å². The maximum absolute atomic E-state index is 11.4. The van der Waals surface area contributed by atoms with Gasteiger partial charge in [-0.3, -0.25) is 14.4 Å². The highest BCUT2D eigenvalue weighted by Crippen LogP contribution is 2.19. The van der Waals surface area contributed by atoms with Gasteiger partial charge < -0.3 is 14.6 Å². The number of methoxy groups -OCH3 is 1. The van der Waals surface area contributed by atoms with Crippen molar-refractivity contribution in [1.82, 2.24) is 0 Å². The Balaban J connectivity index is 4.98. The molecule has 0 fully saturated rings. The van der Waals surface area contributed by atoms with Gasteiger partial charge in [-0.1, -0.05) is 0 Å². The summed E-state index contributed by atoms with van der Waals surface area (Å²) in [6.07, 6.45) is -0.663. The molecule has 0 bridgehead atoms. The summed E-state index contributed by atoms with van der Waals surface area (Å²) in [6, 6.07) is 1.57. The number of ether oxygens (including phenoxy) is 2. The molecule has 0 aliphatic carbocycles. The van der Waals surface area contributed by atoms with Crippen LogP contribution < -0.4 is 0 Å². The number of carbonyl (C=O) groups excluding carboxylic acids is 2. The standard InChI is InChI=1S/C10H13NO6/c1-3-17-10(15)7(5-11)6(4-8(12)13)9(14)16-2/h6-7H,3-4H2,1-2H3,(H,12,13). The van der Waals surface area contributed by atoms with E-state index in [4.69, 9.17) is 10.4 Å². The molecule has 7 nitrogen and oxygen atoms in total. The zero-order valence-electron chi connectivity index (χ0n) is 9.50. The number of carboxylic acid groups (broad SMARTS) is 1. The number of esters is 2. The molecule has 17 heavy (non-hydrogen) atoms. The average molecular weight is 243 g/mol. The van der Waals surface area contributed by atoms with Gasteiger partial charge in [-0.25, -0.2) is 0 Å². The number of carbonyl (C=O) groups is 3. The normalized spacial score (nSPS) is 13.0. The SMILES string of the molecule is CCOC(=O)C(C#N)C(CC(=O)O)C(=O)OC. The third-order valence-electron chi connectivity index (χ3n) is 1.98. The van der Waals surface area contributed by atoms with Crippen LogP contribution in [0.1, 0.15) is 13.3 Å². The fraction of sp³-hybridized carbons (Fsp3) is 0.600. The molecule has 0 aromatic heterocycles. The number of rotatable bonds is 6. The van der Waals surface area contributed by atoms with Crippen molar-refractivity contribution in [3.8, 4) is 6.07 Å². The Labute approximate surface area is 97.9 Å². The zero-order chi connectivity index (χ0) is 13.4. The molecule has 2 atom stereocenters. The Morgan fingerprint density at radius 3 is 2.29 bits per heavy atom. The second kappa shape index (κ2) is 7.22. The van der Waals surface area contributed by atoms with Crippen LogP contribution >= 0.6 is 0 Å². The summed E-state index contributed by atoms with van der Waals surface area (Å²) in [5.74, 6) is -5.98. The smallest absolute Gasteiger partial charge is 0.324 e. The third-order valence-corrected chi connectivity index (χ3v) is 1.98. The number of aliphatic carboxylic acids is 1. The Kier molecular flexibility index (Phi) is 6.33. The molecule has 0 rings (SSSR count). The van der Waals surface area contributed by atoms with Crippen LogP contribution in [-0.2, 0) is 23.9 Å². The first-order valence-electron chi connectivity index (χ1n) is 4.83. The number of nitriles is 1. The molecule has 0 aromatic carbocycles. The van der Waals surface area contributed by atoms with Crippen molar-refractivity contribution in [3.63, 3.8) is 0 Å². The van der Waals surface area contributed by atoms with Crippen LogP contribution in [0.5, 0.6) is 0 Å².